The molecule has 2 aromatic rings. The second-order valence-corrected chi connectivity index (χ2v) is 8.16. The SMILES string of the molecule is C=N/C=C(C(=O)NCC)\C(=N\c1cccc(C2(C#N)CC2)n1)Nc1ccc2c(c1)CCNC2. The lowest BCUT2D eigenvalue weighted by Gasteiger charge is -2.19. The van der Waals surface area contributed by atoms with Gasteiger partial charge in [-0.2, -0.15) is 5.26 Å². The molecule has 0 bridgehead atoms. The number of hydrogen-bond donors (Lipinski definition) is 3. The molecule has 1 fully saturated rings. The van der Waals surface area contributed by atoms with Gasteiger partial charge in [-0.25, -0.2) is 9.98 Å². The third-order valence-electron chi connectivity index (χ3n) is 5.83. The van der Waals surface area contributed by atoms with Crippen molar-refractivity contribution in [2.45, 2.75) is 38.1 Å². The lowest BCUT2D eigenvalue weighted by Crippen LogP contribution is -2.31. The molecule has 1 aliphatic carbocycles. The van der Waals surface area contributed by atoms with Crippen molar-refractivity contribution in [2.75, 3.05) is 18.4 Å². The van der Waals surface area contributed by atoms with Crippen molar-refractivity contribution in [1.29, 1.82) is 5.26 Å². The van der Waals surface area contributed by atoms with Crippen LogP contribution in [-0.4, -0.2) is 36.5 Å². The van der Waals surface area contributed by atoms with Gasteiger partial charge >= 0.3 is 0 Å². The van der Waals surface area contributed by atoms with Crippen LogP contribution in [0.25, 0.3) is 0 Å². The molecule has 8 nitrogen and oxygen atoms in total. The second kappa shape index (κ2) is 9.76. The Hall–Kier alpha value is -3.83. The van der Waals surface area contributed by atoms with E-state index in [-0.39, 0.29) is 11.5 Å². The molecule has 168 valence electrons. The van der Waals surface area contributed by atoms with Crippen molar-refractivity contribution < 1.29 is 4.79 Å². The number of aliphatic imine (C=N–C) groups is 2. The van der Waals surface area contributed by atoms with Gasteiger partial charge in [0.05, 0.1) is 17.2 Å². The standard InChI is InChI=1S/C25H27N7O/c1-3-29-24(33)20(15-27-2)23(30-19-8-7-18-14-28-12-9-17(18)13-19)32-22-6-4-5-21(31-22)25(16-26)10-11-25/h4-8,13,15,28H,2-3,9-12,14H2,1H3,(H,29,33)(H,30,31,32)/b20-15+. The first-order valence-corrected chi connectivity index (χ1v) is 11.1. The maximum Gasteiger partial charge on any atom is 0.256 e. The molecule has 2 heterocycles. The number of likely N-dealkylation sites (N-methyl/N-ethyl adjacent to an activating group) is 1. The fourth-order valence-corrected chi connectivity index (χ4v) is 3.84. The Labute approximate surface area is 193 Å². The quantitative estimate of drug-likeness (QED) is 0.347. The number of nitrogens with one attached hydrogen (secondary N) is 3. The number of nitriles is 1. The summed E-state index contributed by atoms with van der Waals surface area (Å²) < 4.78 is 0. The Balaban J connectivity index is 1.74. The molecule has 1 aromatic heterocycles. The van der Waals surface area contributed by atoms with Gasteiger partial charge in [0.1, 0.15) is 11.4 Å². The van der Waals surface area contributed by atoms with Crippen molar-refractivity contribution in [3.05, 3.63) is 65.0 Å². The van der Waals surface area contributed by atoms with Gasteiger partial charge in [0, 0.05) is 25.0 Å². The zero-order valence-corrected chi connectivity index (χ0v) is 18.7. The summed E-state index contributed by atoms with van der Waals surface area (Å²) in [5.41, 5.74) is 3.77. The number of nitrogens with zero attached hydrogens (tertiary/aromatic N) is 4. The Kier molecular flexibility index (Phi) is 6.61. The lowest BCUT2D eigenvalue weighted by atomic mass is 10.0. The molecular weight excluding hydrogens is 414 g/mol. The van der Waals surface area contributed by atoms with Gasteiger partial charge in [0.25, 0.3) is 5.91 Å². The Bertz CT molecular complexity index is 1170. The summed E-state index contributed by atoms with van der Waals surface area (Å²) in [6.45, 7) is 7.60. The zero-order valence-electron chi connectivity index (χ0n) is 18.7. The Morgan fingerprint density at radius 2 is 2.18 bits per heavy atom. The van der Waals surface area contributed by atoms with E-state index >= 15 is 0 Å². The van der Waals surface area contributed by atoms with Crippen molar-refractivity contribution in [2.24, 2.45) is 9.98 Å². The predicted octanol–water partition coefficient (Wildman–Crippen LogP) is 3.15. The molecule has 1 aromatic carbocycles. The van der Waals surface area contributed by atoms with Crippen LogP contribution in [0.2, 0.25) is 0 Å². The number of hydrogen-bond acceptors (Lipinski definition) is 6. The number of fused-ring (bicyclic) bond motifs is 1. The predicted molar refractivity (Wildman–Crippen MR) is 130 cm³/mol. The van der Waals surface area contributed by atoms with E-state index in [0.717, 1.165) is 38.0 Å². The molecule has 0 spiro atoms. The maximum absolute atomic E-state index is 12.8. The molecule has 0 radical (unpaired) electrons. The summed E-state index contributed by atoms with van der Waals surface area (Å²) in [6, 6.07) is 13.9. The Morgan fingerprint density at radius 3 is 2.91 bits per heavy atom. The normalized spacial score (nSPS) is 16.8. The first-order valence-electron chi connectivity index (χ1n) is 11.1. The smallest absolute Gasteiger partial charge is 0.256 e. The number of anilines is 1. The van der Waals surface area contributed by atoms with Gasteiger partial charge in [-0.3, -0.25) is 9.79 Å². The molecule has 2 aliphatic rings. The zero-order chi connectivity index (χ0) is 23.3. The minimum atomic E-state index is -0.521. The maximum atomic E-state index is 12.8. The van der Waals surface area contributed by atoms with Crippen LogP contribution in [0.15, 0.2) is 58.2 Å². The topological polar surface area (TPSA) is 115 Å². The van der Waals surface area contributed by atoms with Gasteiger partial charge < -0.3 is 16.0 Å². The highest BCUT2D eigenvalue weighted by atomic mass is 16.1. The molecule has 4 rings (SSSR count). The first-order chi connectivity index (χ1) is 16.1. The van der Waals surface area contributed by atoms with Crippen LogP contribution in [-0.2, 0) is 23.2 Å². The minimum Gasteiger partial charge on any atom is -0.352 e. The molecule has 0 saturated heterocycles. The molecule has 33 heavy (non-hydrogen) atoms. The average molecular weight is 442 g/mol. The second-order valence-electron chi connectivity index (χ2n) is 8.16. The van der Waals surface area contributed by atoms with Crippen LogP contribution in [0, 0.1) is 11.3 Å². The van der Waals surface area contributed by atoms with Crippen LogP contribution in [0.4, 0.5) is 11.5 Å². The van der Waals surface area contributed by atoms with Gasteiger partial charge in [0.15, 0.2) is 5.82 Å². The number of amides is 1. The van der Waals surface area contributed by atoms with E-state index in [0.29, 0.717) is 23.9 Å². The average Bonchev–Trinajstić information content (AvgIpc) is 3.64. The summed E-state index contributed by atoms with van der Waals surface area (Å²) in [6.07, 6.45) is 3.91. The molecule has 3 N–H and O–H groups in total. The first kappa shape index (κ1) is 22.4. The van der Waals surface area contributed by atoms with E-state index in [1.807, 2.05) is 25.1 Å². The fraction of sp³-hybridized carbons (Fsp3) is 0.320. The van der Waals surface area contributed by atoms with Crippen molar-refractivity contribution in [3.63, 3.8) is 0 Å². The highest BCUT2D eigenvalue weighted by Gasteiger charge is 2.46. The van der Waals surface area contributed by atoms with E-state index in [4.69, 9.17) is 0 Å². The van der Waals surface area contributed by atoms with Crippen molar-refractivity contribution in [1.82, 2.24) is 15.6 Å². The number of carbonyl (C=O) groups is 1. The van der Waals surface area contributed by atoms with E-state index < -0.39 is 5.41 Å². The van der Waals surface area contributed by atoms with Gasteiger partial charge in [-0.1, -0.05) is 12.1 Å². The summed E-state index contributed by atoms with van der Waals surface area (Å²) in [4.78, 5) is 25.9. The number of amidine groups is 1. The number of rotatable bonds is 7. The van der Waals surface area contributed by atoms with E-state index in [1.165, 1.54) is 17.3 Å². The van der Waals surface area contributed by atoms with Crippen LogP contribution in [0.1, 0.15) is 36.6 Å². The molecule has 1 saturated carbocycles. The third kappa shape index (κ3) is 4.99. The summed E-state index contributed by atoms with van der Waals surface area (Å²) in [7, 11) is 0. The van der Waals surface area contributed by atoms with Crippen LogP contribution in [0.5, 0.6) is 0 Å². The molecule has 1 aliphatic heterocycles. The number of aromatic nitrogens is 1. The molecular formula is C25H27N7O. The van der Waals surface area contributed by atoms with E-state index in [2.05, 4.69) is 55.8 Å². The summed E-state index contributed by atoms with van der Waals surface area (Å²) in [5.74, 6) is 0.414. The van der Waals surface area contributed by atoms with E-state index in [1.54, 1.807) is 6.07 Å². The molecule has 8 heteroatoms. The third-order valence-corrected chi connectivity index (χ3v) is 5.83. The summed E-state index contributed by atoms with van der Waals surface area (Å²) in [5, 5.41) is 19.0. The fourth-order valence-electron chi connectivity index (χ4n) is 3.84. The van der Waals surface area contributed by atoms with Gasteiger partial charge in [0.2, 0.25) is 0 Å². The number of carbonyl (C=O) groups excluding carboxylic acids is 1. The summed E-state index contributed by atoms with van der Waals surface area (Å²) >= 11 is 0. The van der Waals surface area contributed by atoms with Crippen LogP contribution in [0.3, 0.4) is 0 Å². The van der Waals surface area contributed by atoms with Crippen molar-refractivity contribution >= 4 is 30.0 Å². The number of benzene rings is 1. The monoisotopic (exact) mass is 441 g/mol. The Morgan fingerprint density at radius 1 is 1.33 bits per heavy atom. The lowest BCUT2D eigenvalue weighted by molar-refractivity contribution is -0.116. The molecule has 1 amide bonds. The molecule has 0 atom stereocenters. The van der Waals surface area contributed by atoms with Crippen molar-refractivity contribution in [3.8, 4) is 6.07 Å². The highest BCUT2D eigenvalue weighted by molar-refractivity contribution is 6.25. The van der Waals surface area contributed by atoms with E-state index in [9.17, 15) is 10.1 Å². The number of pyridine rings is 1. The largest absolute Gasteiger partial charge is 0.352 e. The van der Waals surface area contributed by atoms with Gasteiger partial charge in [-0.05, 0) is 74.8 Å². The van der Waals surface area contributed by atoms with Crippen LogP contribution >= 0.6 is 0 Å². The van der Waals surface area contributed by atoms with Gasteiger partial charge in [-0.15, -0.1) is 0 Å². The minimum absolute atomic E-state index is 0.250. The molecule has 0 unspecified atom stereocenters. The van der Waals surface area contributed by atoms with Crippen LogP contribution < -0.4 is 16.0 Å². The highest BCUT2D eigenvalue weighted by Crippen LogP contribution is 2.46.